The van der Waals surface area contributed by atoms with Crippen LogP contribution >= 0.6 is 15.9 Å². The minimum Gasteiger partial charge on any atom is -0.326 e. The third kappa shape index (κ3) is 3.82. The largest absolute Gasteiger partial charge is 0.326 e. The van der Waals surface area contributed by atoms with Crippen molar-refractivity contribution in [2.75, 3.05) is 18.9 Å². The van der Waals surface area contributed by atoms with Crippen LogP contribution in [0.3, 0.4) is 0 Å². The molecule has 0 fully saturated rings. The van der Waals surface area contributed by atoms with Crippen molar-refractivity contribution in [1.29, 1.82) is 0 Å². The van der Waals surface area contributed by atoms with Crippen LogP contribution in [0.4, 0.5) is 5.69 Å². The Labute approximate surface area is 111 Å². The first-order chi connectivity index (χ1) is 7.95. The summed E-state index contributed by atoms with van der Waals surface area (Å²) in [5.74, 6) is 0.00438. The molecule has 0 spiro atoms. The monoisotopic (exact) mass is 298 g/mol. The van der Waals surface area contributed by atoms with Crippen molar-refractivity contribution in [3.05, 3.63) is 27.7 Å². The molecule has 0 bridgehead atoms. The van der Waals surface area contributed by atoms with Crippen LogP contribution in [0.15, 0.2) is 16.6 Å². The minimum atomic E-state index is -0.0377. The van der Waals surface area contributed by atoms with Gasteiger partial charge in [0.15, 0.2) is 0 Å². The molecule has 0 aliphatic heterocycles. The van der Waals surface area contributed by atoms with Gasteiger partial charge in [0, 0.05) is 22.6 Å². The molecule has 94 valence electrons. The molecule has 0 radical (unpaired) electrons. The number of amides is 1. The van der Waals surface area contributed by atoms with Crippen molar-refractivity contribution in [3.63, 3.8) is 0 Å². The summed E-state index contributed by atoms with van der Waals surface area (Å²) < 4.78 is 1.10. The molecule has 4 heteroatoms. The zero-order chi connectivity index (χ0) is 13.0. The maximum atomic E-state index is 11.8. The van der Waals surface area contributed by atoms with Crippen LogP contribution in [0.25, 0.3) is 0 Å². The molecule has 3 nitrogen and oxygen atoms in total. The fourth-order valence-electron chi connectivity index (χ4n) is 1.68. The highest BCUT2D eigenvalue weighted by molar-refractivity contribution is 9.10. The average molecular weight is 299 g/mol. The van der Waals surface area contributed by atoms with Crippen molar-refractivity contribution in [2.45, 2.75) is 20.8 Å². The highest BCUT2D eigenvalue weighted by atomic mass is 79.9. The van der Waals surface area contributed by atoms with E-state index in [1.807, 2.05) is 40.0 Å². The topological polar surface area (TPSA) is 41.1 Å². The number of rotatable bonds is 4. The second kappa shape index (κ2) is 6.17. The average Bonchev–Trinajstić information content (AvgIpc) is 2.26. The number of carbonyl (C=O) groups excluding carboxylic acids is 1. The maximum absolute atomic E-state index is 11.8. The van der Waals surface area contributed by atoms with E-state index in [0.717, 1.165) is 21.3 Å². The van der Waals surface area contributed by atoms with Gasteiger partial charge in [-0.2, -0.15) is 0 Å². The summed E-state index contributed by atoms with van der Waals surface area (Å²) in [5, 5.41) is 5.93. The third-order valence-electron chi connectivity index (χ3n) is 2.66. The first-order valence-electron chi connectivity index (χ1n) is 5.68. The van der Waals surface area contributed by atoms with Crippen LogP contribution in [-0.2, 0) is 4.79 Å². The Hall–Kier alpha value is -0.870. The lowest BCUT2D eigenvalue weighted by Gasteiger charge is -2.13. The van der Waals surface area contributed by atoms with Crippen molar-refractivity contribution < 1.29 is 4.79 Å². The first-order valence-corrected chi connectivity index (χ1v) is 6.47. The first kappa shape index (κ1) is 14.2. The molecule has 0 saturated heterocycles. The predicted molar refractivity (Wildman–Crippen MR) is 75.3 cm³/mol. The quantitative estimate of drug-likeness (QED) is 0.897. The van der Waals surface area contributed by atoms with Crippen molar-refractivity contribution in [1.82, 2.24) is 5.32 Å². The molecule has 1 unspecified atom stereocenters. The number of nitrogens with one attached hydrogen (secondary N) is 2. The van der Waals surface area contributed by atoms with Crippen LogP contribution in [0.1, 0.15) is 18.1 Å². The summed E-state index contributed by atoms with van der Waals surface area (Å²) in [5.41, 5.74) is 3.11. The lowest BCUT2D eigenvalue weighted by Crippen LogP contribution is -2.28. The number of benzene rings is 1. The standard InChI is InChI=1S/C13H19BrN2O/c1-8-5-11(6-9(2)12(8)14)16-13(17)10(3)7-15-4/h5-6,10,15H,7H2,1-4H3,(H,16,17). The van der Waals surface area contributed by atoms with Gasteiger partial charge in [0.25, 0.3) is 0 Å². The van der Waals surface area contributed by atoms with E-state index < -0.39 is 0 Å². The molecule has 1 amide bonds. The summed E-state index contributed by atoms with van der Waals surface area (Å²) in [7, 11) is 1.84. The lowest BCUT2D eigenvalue weighted by molar-refractivity contribution is -0.119. The van der Waals surface area contributed by atoms with Crippen molar-refractivity contribution >= 4 is 27.5 Å². The van der Waals surface area contributed by atoms with Crippen LogP contribution in [0.2, 0.25) is 0 Å². The Balaban J connectivity index is 2.79. The SMILES string of the molecule is CNCC(C)C(=O)Nc1cc(C)c(Br)c(C)c1. The summed E-state index contributed by atoms with van der Waals surface area (Å²) in [6.07, 6.45) is 0. The van der Waals surface area contributed by atoms with E-state index in [9.17, 15) is 4.79 Å². The summed E-state index contributed by atoms with van der Waals surface area (Å²) >= 11 is 3.51. The summed E-state index contributed by atoms with van der Waals surface area (Å²) in [6, 6.07) is 3.95. The van der Waals surface area contributed by atoms with E-state index in [1.54, 1.807) is 0 Å². The molecule has 1 rings (SSSR count). The molecular weight excluding hydrogens is 280 g/mol. The summed E-state index contributed by atoms with van der Waals surface area (Å²) in [4.78, 5) is 11.8. The Morgan fingerprint density at radius 3 is 2.35 bits per heavy atom. The molecule has 1 aromatic carbocycles. The van der Waals surface area contributed by atoms with Gasteiger partial charge in [-0.3, -0.25) is 4.79 Å². The second-order valence-corrected chi connectivity index (χ2v) is 5.16. The highest BCUT2D eigenvalue weighted by Gasteiger charge is 2.12. The van der Waals surface area contributed by atoms with Gasteiger partial charge in [-0.15, -0.1) is 0 Å². The van der Waals surface area contributed by atoms with Crippen LogP contribution in [0.5, 0.6) is 0 Å². The van der Waals surface area contributed by atoms with Crippen molar-refractivity contribution in [3.8, 4) is 0 Å². The molecule has 0 saturated carbocycles. The smallest absolute Gasteiger partial charge is 0.228 e. The fourth-order valence-corrected chi connectivity index (χ4v) is 1.91. The van der Waals surface area contributed by atoms with E-state index in [-0.39, 0.29) is 11.8 Å². The molecule has 2 N–H and O–H groups in total. The molecule has 0 aromatic heterocycles. The number of hydrogen-bond donors (Lipinski definition) is 2. The lowest BCUT2D eigenvalue weighted by atomic mass is 10.1. The van der Waals surface area contributed by atoms with Crippen molar-refractivity contribution in [2.24, 2.45) is 5.92 Å². The van der Waals surface area contributed by atoms with Gasteiger partial charge in [-0.1, -0.05) is 22.9 Å². The van der Waals surface area contributed by atoms with E-state index in [1.165, 1.54) is 0 Å². The van der Waals surface area contributed by atoms with E-state index >= 15 is 0 Å². The Morgan fingerprint density at radius 2 is 1.88 bits per heavy atom. The molecule has 1 atom stereocenters. The zero-order valence-corrected chi connectivity index (χ0v) is 12.3. The number of anilines is 1. The molecule has 0 aliphatic carbocycles. The van der Waals surface area contributed by atoms with Gasteiger partial charge >= 0.3 is 0 Å². The van der Waals surface area contributed by atoms with Gasteiger partial charge in [0.2, 0.25) is 5.91 Å². The van der Waals surface area contributed by atoms with Gasteiger partial charge in [0.1, 0.15) is 0 Å². The van der Waals surface area contributed by atoms with E-state index in [4.69, 9.17) is 0 Å². The van der Waals surface area contributed by atoms with Gasteiger partial charge in [-0.05, 0) is 44.2 Å². The Morgan fingerprint density at radius 1 is 1.35 bits per heavy atom. The van der Waals surface area contributed by atoms with Gasteiger partial charge in [0.05, 0.1) is 0 Å². The highest BCUT2D eigenvalue weighted by Crippen LogP contribution is 2.25. The van der Waals surface area contributed by atoms with E-state index in [0.29, 0.717) is 6.54 Å². The second-order valence-electron chi connectivity index (χ2n) is 4.37. The zero-order valence-electron chi connectivity index (χ0n) is 10.7. The molecule has 17 heavy (non-hydrogen) atoms. The normalized spacial score (nSPS) is 12.3. The third-order valence-corrected chi connectivity index (χ3v) is 3.91. The minimum absolute atomic E-state index is 0.0377. The number of halogens is 1. The summed E-state index contributed by atoms with van der Waals surface area (Å²) in [6.45, 7) is 6.62. The molecular formula is C13H19BrN2O. The maximum Gasteiger partial charge on any atom is 0.228 e. The van der Waals surface area contributed by atoms with Crippen LogP contribution in [0, 0.1) is 19.8 Å². The number of aryl methyl sites for hydroxylation is 2. The molecule has 0 heterocycles. The van der Waals surface area contributed by atoms with Crippen LogP contribution < -0.4 is 10.6 Å². The molecule has 1 aromatic rings. The van der Waals surface area contributed by atoms with Gasteiger partial charge in [-0.25, -0.2) is 0 Å². The molecule has 0 aliphatic rings. The fraction of sp³-hybridized carbons (Fsp3) is 0.462. The van der Waals surface area contributed by atoms with E-state index in [2.05, 4.69) is 26.6 Å². The Kier molecular flexibility index (Phi) is 5.15. The predicted octanol–water partition coefficient (Wildman–Crippen LogP) is 2.86. The number of hydrogen-bond acceptors (Lipinski definition) is 2. The Bertz CT molecular complexity index is 395. The van der Waals surface area contributed by atoms with Gasteiger partial charge < -0.3 is 10.6 Å². The number of carbonyl (C=O) groups is 1. The van der Waals surface area contributed by atoms with Crippen LogP contribution in [-0.4, -0.2) is 19.5 Å².